The summed E-state index contributed by atoms with van der Waals surface area (Å²) in [5.74, 6) is 0.450. The van der Waals surface area contributed by atoms with Crippen molar-refractivity contribution in [1.29, 1.82) is 0 Å². The lowest BCUT2D eigenvalue weighted by atomic mass is 10.1. The van der Waals surface area contributed by atoms with Crippen LogP contribution in [0.15, 0.2) is 71.6 Å². The fourth-order valence-corrected chi connectivity index (χ4v) is 5.73. The summed E-state index contributed by atoms with van der Waals surface area (Å²) in [5.41, 5.74) is 1.84. The van der Waals surface area contributed by atoms with Gasteiger partial charge in [-0.15, -0.1) is 0 Å². The Morgan fingerprint density at radius 2 is 1.49 bits per heavy atom. The average Bonchev–Trinajstić information content (AvgIpc) is 3.01. The van der Waals surface area contributed by atoms with E-state index in [9.17, 15) is 18.0 Å². The molecule has 0 unspecified atom stereocenters. The molecule has 0 saturated heterocycles. The van der Waals surface area contributed by atoms with Crippen molar-refractivity contribution >= 4 is 27.5 Å². The first-order valence-corrected chi connectivity index (χ1v) is 15.4. The zero-order valence-electron chi connectivity index (χ0n) is 25.8. The number of amides is 2. The van der Waals surface area contributed by atoms with Crippen LogP contribution in [0, 0.1) is 6.92 Å². The maximum atomic E-state index is 14.1. The Balaban J connectivity index is 2.08. The highest BCUT2D eigenvalue weighted by molar-refractivity contribution is 7.92. The van der Waals surface area contributed by atoms with E-state index in [1.807, 2.05) is 20.8 Å². The Labute approximate surface area is 254 Å². The minimum Gasteiger partial charge on any atom is -0.497 e. The minimum absolute atomic E-state index is 0.0185. The average molecular weight is 612 g/mol. The Kier molecular flexibility index (Phi) is 11.4. The van der Waals surface area contributed by atoms with Crippen LogP contribution in [0.1, 0.15) is 38.3 Å². The van der Waals surface area contributed by atoms with Gasteiger partial charge >= 0.3 is 0 Å². The maximum Gasteiger partial charge on any atom is 0.264 e. The quantitative estimate of drug-likeness (QED) is 0.285. The number of methoxy groups -OCH3 is 3. The van der Waals surface area contributed by atoms with E-state index >= 15 is 0 Å². The van der Waals surface area contributed by atoms with Gasteiger partial charge in [0.05, 0.1) is 31.9 Å². The number of nitrogens with one attached hydrogen (secondary N) is 1. The highest BCUT2D eigenvalue weighted by atomic mass is 32.2. The van der Waals surface area contributed by atoms with Gasteiger partial charge in [-0.1, -0.05) is 36.8 Å². The van der Waals surface area contributed by atoms with E-state index in [1.54, 1.807) is 62.6 Å². The lowest BCUT2D eigenvalue weighted by Crippen LogP contribution is -2.52. The molecular weight excluding hydrogens is 570 g/mol. The summed E-state index contributed by atoms with van der Waals surface area (Å²) in [5, 5.41) is 2.93. The maximum absolute atomic E-state index is 14.1. The van der Waals surface area contributed by atoms with Crippen molar-refractivity contribution in [3.63, 3.8) is 0 Å². The molecule has 10 nitrogen and oxygen atoms in total. The van der Waals surface area contributed by atoms with E-state index < -0.39 is 28.5 Å². The number of carbonyl (C=O) groups excluding carboxylic acids is 2. The van der Waals surface area contributed by atoms with Crippen LogP contribution in [0.3, 0.4) is 0 Å². The van der Waals surface area contributed by atoms with Crippen LogP contribution in [0.5, 0.6) is 17.2 Å². The van der Waals surface area contributed by atoms with Crippen molar-refractivity contribution in [3.8, 4) is 17.2 Å². The van der Waals surface area contributed by atoms with Crippen LogP contribution in [0.25, 0.3) is 0 Å². The Morgan fingerprint density at radius 3 is 2.05 bits per heavy atom. The molecule has 232 valence electrons. The molecule has 0 fully saturated rings. The van der Waals surface area contributed by atoms with Crippen LogP contribution in [0.4, 0.5) is 5.69 Å². The van der Waals surface area contributed by atoms with Crippen molar-refractivity contribution < 1.29 is 32.2 Å². The first-order valence-electron chi connectivity index (χ1n) is 14.0. The number of sulfonamides is 1. The monoisotopic (exact) mass is 611 g/mol. The summed E-state index contributed by atoms with van der Waals surface area (Å²) < 4.78 is 45.2. The zero-order chi connectivity index (χ0) is 31.7. The van der Waals surface area contributed by atoms with Gasteiger partial charge in [0.2, 0.25) is 11.8 Å². The fraction of sp³-hybridized carbons (Fsp3) is 0.375. The summed E-state index contributed by atoms with van der Waals surface area (Å²) in [6.07, 6.45) is 0.715. The Bertz CT molecular complexity index is 1490. The molecule has 43 heavy (non-hydrogen) atoms. The third-order valence-electron chi connectivity index (χ3n) is 7.22. The first-order chi connectivity index (χ1) is 20.4. The van der Waals surface area contributed by atoms with Crippen molar-refractivity contribution in [2.24, 2.45) is 0 Å². The van der Waals surface area contributed by atoms with E-state index in [4.69, 9.17) is 14.2 Å². The summed E-state index contributed by atoms with van der Waals surface area (Å²) in [7, 11) is 0.258. The van der Waals surface area contributed by atoms with Crippen LogP contribution in [-0.4, -0.2) is 65.1 Å². The van der Waals surface area contributed by atoms with Gasteiger partial charge in [0.25, 0.3) is 10.0 Å². The van der Waals surface area contributed by atoms with Crippen LogP contribution in [0.2, 0.25) is 0 Å². The molecule has 0 aliphatic heterocycles. The van der Waals surface area contributed by atoms with Crippen molar-refractivity contribution in [2.45, 2.75) is 57.6 Å². The lowest BCUT2D eigenvalue weighted by Gasteiger charge is -2.32. The summed E-state index contributed by atoms with van der Waals surface area (Å²) in [6.45, 7) is 6.83. The SMILES string of the molecule is CC[C@H](C)NC(=O)[C@@H](C)N(Cc1ccc(OC)cc1)C(=O)CN(c1ccc(OC)c(OC)c1)S(=O)(=O)c1ccc(C)cc1. The second-order valence-electron chi connectivity index (χ2n) is 10.2. The fourth-order valence-electron chi connectivity index (χ4n) is 4.32. The van der Waals surface area contributed by atoms with Gasteiger partial charge in [0, 0.05) is 18.7 Å². The molecule has 3 aromatic rings. The number of rotatable bonds is 14. The largest absolute Gasteiger partial charge is 0.497 e. The molecule has 2 amide bonds. The third kappa shape index (κ3) is 8.19. The molecule has 0 aromatic heterocycles. The molecule has 3 rings (SSSR count). The van der Waals surface area contributed by atoms with Gasteiger partial charge in [-0.25, -0.2) is 8.42 Å². The predicted octanol–water partition coefficient (Wildman–Crippen LogP) is 4.55. The Hall–Kier alpha value is -4.25. The summed E-state index contributed by atoms with van der Waals surface area (Å²) in [6, 6.07) is 17.2. The van der Waals surface area contributed by atoms with E-state index in [-0.39, 0.29) is 29.1 Å². The van der Waals surface area contributed by atoms with E-state index in [0.29, 0.717) is 23.7 Å². The number of carbonyl (C=O) groups is 2. The lowest BCUT2D eigenvalue weighted by molar-refractivity contribution is -0.139. The molecule has 2 atom stereocenters. The van der Waals surface area contributed by atoms with Crippen LogP contribution in [-0.2, 0) is 26.2 Å². The second-order valence-corrected chi connectivity index (χ2v) is 12.1. The molecule has 3 aromatic carbocycles. The van der Waals surface area contributed by atoms with E-state index in [1.165, 1.54) is 37.3 Å². The van der Waals surface area contributed by atoms with Gasteiger partial charge in [0.1, 0.15) is 18.3 Å². The van der Waals surface area contributed by atoms with Gasteiger partial charge < -0.3 is 24.4 Å². The van der Waals surface area contributed by atoms with Gasteiger partial charge in [-0.05, 0) is 69.2 Å². The smallest absolute Gasteiger partial charge is 0.264 e. The first kappa shape index (κ1) is 33.3. The Morgan fingerprint density at radius 1 is 0.860 bits per heavy atom. The number of nitrogens with zero attached hydrogens (tertiary/aromatic N) is 2. The molecule has 1 N–H and O–H groups in total. The van der Waals surface area contributed by atoms with Crippen LogP contribution < -0.4 is 23.8 Å². The molecule has 11 heteroatoms. The number of hydrogen-bond donors (Lipinski definition) is 1. The molecular formula is C32H41N3O7S. The number of ether oxygens (including phenoxy) is 3. The molecule has 0 aliphatic rings. The predicted molar refractivity (Wildman–Crippen MR) is 166 cm³/mol. The standard InChI is InChI=1S/C32H41N3O7S/c1-8-23(3)33-32(37)24(4)34(20-25-11-14-27(40-5)15-12-25)31(36)21-35(26-13-18-29(41-6)30(19-26)42-7)43(38,39)28-16-9-22(2)10-17-28/h9-19,23-24H,8,20-21H2,1-7H3,(H,33,37)/t23-,24+/m0/s1. The highest BCUT2D eigenvalue weighted by Gasteiger charge is 2.33. The molecule has 0 aliphatic carbocycles. The van der Waals surface area contributed by atoms with Gasteiger partial charge in [-0.2, -0.15) is 0 Å². The molecule has 0 bridgehead atoms. The highest BCUT2D eigenvalue weighted by Crippen LogP contribution is 2.34. The molecule has 0 spiro atoms. The normalized spacial score (nSPS) is 12.5. The molecule has 0 heterocycles. The minimum atomic E-state index is -4.22. The number of anilines is 1. The summed E-state index contributed by atoms with van der Waals surface area (Å²) in [4.78, 5) is 28.8. The third-order valence-corrected chi connectivity index (χ3v) is 9.01. The topological polar surface area (TPSA) is 114 Å². The number of aryl methyl sites for hydroxylation is 1. The number of hydrogen-bond acceptors (Lipinski definition) is 7. The van der Waals surface area contributed by atoms with Crippen molar-refractivity contribution in [3.05, 3.63) is 77.9 Å². The molecule has 0 saturated carbocycles. The van der Waals surface area contributed by atoms with Gasteiger partial charge in [0.15, 0.2) is 11.5 Å². The van der Waals surface area contributed by atoms with Crippen molar-refractivity contribution in [2.75, 3.05) is 32.2 Å². The van der Waals surface area contributed by atoms with Crippen LogP contribution >= 0.6 is 0 Å². The van der Waals surface area contributed by atoms with E-state index in [2.05, 4.69) is 5.32 Å². The van der Waals surface area contributed by atoms with Gasteiger partial charge in [-0.3, -0.25) is 13.9 Å². The van der Waals surface area contributed by atoms with E-state index in [0.717, 1.165) is 15.4 Å². The molecule has 0 radical (unpaired) electrons. The summed E-state index contributed by atoms with van der Waals surface area (Å²) >= 11 is 0. The zero-order valence-corrected chi connectivity index (χ0v) is 26.6. The van der Waals surface area contributed by atoms with Crippen molar-refractivity contribution in [1.82, 2.24) is 10.2 Å². The number of benzene rings is 3. The second kappa shape index (κ2) is 14.8.